The minimum atomic E-state index is -0.446. The van der Waals surface area contributed by atoms with Crippen molar-refractivity contribution in [3.8, 4) is 5.75 Å². The SMILES string of the molecule is [C-]#[N+]CCc1cc(OC)ccc1[N+](=O)[O-]. The van der Waals surface area contributed by atoms with E-state index in [1.165, 1.54) is 13.2 Å². The van der Waals surface area contributed by atoms with Gasteiger partial charge in [-0.05, 0) is 12.1 Å². The van der Waals surface area contributed by atoms with Gasteiger partial charge in [-0.3, -0.25) is 10.1 Å². The highest BCUT2D eigenvalue weighted by Gasteiger charge is 2.14. The summed E-state index contributed by atoms with van der Waals surface area (Å²) in [5, 5.41) is 10.7. The molecule has 0 unspecified atom stereocenters. The van der Waals surface area contributed by atoms with Gasteiger partial charge in [-0.25, -0.2) is 6.57 Å². The van der Waals surface area contributed by atoms with Gasteiger partial charge in [-0.2, -0.15) is 0 Å². The van der Waals surface area contributed by atoms with Gasteiger partial charge in [0.25, 0.3) is 5.69 Å². The molecule has 0 heterocycles. The molecule has 0 aliphatic carbocycles. The Morgan fingerprint density at radius 2 is 2.33 bits per heavy atom. The number of hydrogen-bond acceptors (Lipinski definition) is 3. The lowest BCUT2D eigenvalue weighted by Crippen LogP contribution is -1.97. The molecule has 0 fully saturated rings. The number of hydrogen-bond donors (Lipinski definition) is 0. The highest BCUT2D eigenvalue weighted by Crippen LogP contribution is 2.24. The Labute approximate surface area is 87.3 Å². The fourth-order valence-corrected chi connectivity index (χ4v) is 1.24. The average molecular weight is 206 g/mol. The van der Waals surface area contributed by atoms with Gasteiger partial charge in [0.2, 0.25) is 6.54 Å². The molecule has 0 aromatic heterocycles. The van der Waals surface area contributed by atoms with E-state index in [1.54, 1.807) is 12.1 Å². The van der Waals surface area contributed by atoms with E-state index in [1.807, 2.05) is 0 Å². The Hall–Kier alpha value is -2.09. The van der Waals surface area contributed by atoms with Crippen molar-refractivity contribution in [3.05, 3.63) is 45.3 Å². The standard InChI is InChI=1S/C10H10N2O3/c1-11-6-5-8-7-9(15-2)3-4-10(8)12(13)14/h3-4,7H,5-6H2,2H3. The average Bonchev–Trinajstić information content (AvgIpc) is 2.25. The summed E-state index contributed by atoms with van der Waals surface area (Å²) in [5.41, 5.74) is 0.579. The van der Waals surface area contributed by atoms with E-state index in [0.29, 0.717) is 17.7 Å². The molecule has 0 atom stereocenters. The third kappa shape index (κ3) is 2.68. The molecule has 0 saturated carbocycles. The normalized spacial score (nSPS) is 9.33. The van der Waals surface area contributed by atoms with Gasteiger partial charge >= 0.3 is 0 Å². The monoisotopic (exact) mass is 206 g/mol. The maximum atomic E-state index is 10.7. The predicted molar refractivity (Wildman–Crippen MR) is 54.8 cm³/mol. The van der Waals surface area contributed by atoms with Crippen LogP contribution in [0.15, 0.2) is 18.2 Å². The van der Waals surface area contributed by atoms with Gasteiger partial charge in [0.15, 0.2) is 0 Å². The highest BCUT2D eigenvalue weighted by molar-refractivity contribution is 5.45. The molecule has 15 heavy (non-hydrogen) atoms. The van der Waals surface area contributed by atoms with Crippen molar-refractivity contribution in [3.63, 3.8) is 0 Å². The Kier molecular flexibility index (Phi) is 3.63. The van der Waals surface area contributed by atoms with Crippen LogP contribution >= 0.6 is 0 Å². The zero-order valence-corrected chi connectivity index (χ0v) is 8.27. The van der Waals surface area contributed by atoms with E-state index in [2.05, 4.69) is 4.85 Å². The quantitative estimate of drug-likeness (QED) is 0.430. The van der Waals surface area contributed by atoms with Gasteiger partial charge < -0.3 is 9.58 Å². The Bertz CT molecular complexity index is 410. The summed E-state index contributed by atoms with van der Waals surface area (Å²) in [5.74, 6) is 0.570. The third-order valence-electron chi connectivity index (χ3n) is 1.98. The fourth-order valence-electron chi connectivity index (χ4n) is 1.24. The summed E-state index contributed by atoms with van der Waals surface area (Å²) >= 11 is 0. The number of methoxy groups -OCH3 is 1. The second-order valence-electron chi connectivity index (χ2n) is 2.88. The van der Waals surface area contributed by atoms with Crippen LogP contribution in [0.5, 0.6) is 5.75 Å². The van der Waals surface area contributed by atoms with Crippen molar-refractivity contribution in [2.45, 2.75) is 6.42 Å². The maximum Gasteiger partial charge on any atom is 0.273 e. The smallest absolute Gasteiger partial charge is 0.273 e. The zero-order valence-electron chi connectivity index (χ0n) is 8.27. The summed E-state index contributed by atoms with van der Waals surface area (Å²) in [6.07, 6.45) is 0.372. The van der Waals surface area contributed by atoms with E-state index >= 15 is 0 Å². The van der Waals surface area contributed by atoms with Crippen molar-refractivity contribution in [2.24, 2.45) is 0 Å². The first kappa shape index (κ1) is 11.0. The van der Waals surface area contributed by atoms with Crippen LogP contribution in [-0.4, -0.2) is 18.6 Å². The topological polar surface area (TPSA) is 56.7 Å². The number of ether oxygens (including phenoxy) is 1. The van der Waals surface area contributed by atoms with Gasteiger partial charge in [-0.1, -0.05) is 0 Å². The second-order valence-corrected chi connectivity index (χ2v) is 2.88. The van der Waals surface area contributed by atoms with E-state index in [9.17, 15) is 10.1 Å². The molecule has 1 rings (SSSR count). The van der Waals surface area contributed by atoms with Crippen LogP contribution in [0, 0.1) is 16.7 Å². The second kappa shape index (κ2) is 4.96. The Morgan fingerprint density at radius 1 is 1.60 bits per heavy atom. The first-order valence-electron chi connectivity index (χ1n) is 4.33. The number of benzene rings is 1. The molecule has 0 aliphatic heterocycles. The first-order chi connectivity index (χ1) is 7.19. The van der Waals surface area contributed by atoms with Gasteiger partial charge in [-0.15, -0.1) is 0 Å². The lowest BCUT2D eigenvalue weighted by Gasteiger charge is -2.03. The van der Waals surface area contributed by atoms with Crippen molar-refractivity contribution in [1.29, 1.82) is 0 Å². The van der Waals surface area contributed by atoms with Crippen molar-refractivity contribution in [1.82, 2.24) is 0 Å². The fraction of sp³-hybridized carbons (Fsp3) is 0.300. The maximum absolute atomic E-state index is 10.7. The highest BCUT2D eigenvalue weighted by atomic mass is 16.6. The van der Waals surface area contributed by atoms with E-state index < -0.39 is 4.92 Å². The number of nitro groups is 1. The van der Waals surface area contributed by atoms with Crippen LogP contribution in [0.4, 0.5) is 5.69 Å². The molecule has 1 aromatic carbocycles. The molecule has 0 radical (unpaired) electrons. The lowest BCUT2D eigenvalue weighted by molar-refractivity contribution is -0.385. The van der Waals surface area contributed by atoms with Gasteiger partial charge in [0, 0.05) is 11.6 Å². The largest absolute Gasteiger partial charge is 0.497 e. The molecule has 0 amide bonds. The Balaban J connectivity index is 3.06. The molecule has 1 aromatic rings. The zero-order chi connectivity index (χ0) is 11.3. The number of rotatable bonds is 4. The molecular weight excluding hydrogens is 196 g/mol. The van der Waals surface area contributed by atoms with Crippen LogP contribution in [-0.2, 0) is 6.42 Å². The Morgan fingerprint density at radius 3 is 2.87 bits per heavy atom. The molecule has 5 nitrogen and oxygen atoms in total. The van der Waals surface area contributed by atoms with E-state index in [-0.39, 0.29) is 12.2 Å². The molecule has 0 bridgehead atoms. The third-order valence-corrected chi connectivity index (χ3v) is 1.98. The van der Waals surface area contributed by atoms with Crippen LogP contribution < -0.4 is 4.74 Å². The predicted octanol–water partition coefficient (Wildman–Crippen LogP) is 2.07. The summed E-state index contributed by atoms with van der Waals surface area (Å²) < 4.78 is 4.97. The number of nitrogens with zero attached hydrogens (tertiary/aromatic N) is 2. The van der Waals surface area contributed by atoms with Gasteiger partial charge in [0.1, 0.15) is 5.75 Å². The van der Waals surface area contributed by atoms with Crippen molar-refractivity contribution in [2.75, 3.05) is 13.7 Å². The minimum absolute atomic E-state index is 0.0412. The number of nitro benzene ring substituents is 1. The van der Waals surface area contributed by atoms with Gasteiger partial charge in [0.05, 0.1) is 18.5 Å². The van der Waals surface area contributed by atoms with Crippen LogP contribution in [0.25, 0.3) is 4.85 Å². The lowest BCUT2D eigenvalue weighted by atomic mass is 10.1. The molecule has 0 aliphatic rings. The molecule has 78 valence electrons. The van der Waals surface area contributed by atoms with Crippen LogP contribution in [0.3, 0.4) is 0 Å². The summed E-state index contributed by atoms with van der Waals surface area (Å²) in [6, 6.07) is 4.54. The summed E-state index contributed by atoms with van der Waals surface area (Å²) in [4.78, 5) is 13.4. The van der Waals surface area contributed by atoms with E-state index in [0.717, 1.165) is 0 Å². The molecular formula is C10H10N2O3. The summed E-state index contributed by atoms with van der Waals surface area (Å²) in [6.45, 7) is 6.90. The van der Waals surface area contributed by atoms with Crippen molar-refractivity contribution >= 4 is 5.69 Å². The van der Waals surface area contributed by atoms with E-state index in [4.69, 9.17) is 11.3 Å². The molecule has 0 N–H and O–H groups in total. The van der Waals surface area contributed by atoms with Crippen LogP contribution in [0.1, 0.15) is 5.56 Å². The first-order valence-corrected chi connectivity index (χ1v) is 4.33. The minimum Gasteiger partial charge on any atom is -0.497 e. The molecule has 0 spiro atoms. The molecule has 0 saturated heterocycles. The van der Waals surface area contributed by atoms with Crippen LogP contribution in [0.2, 0.25) is 0 Å². The molecule has 5 heteroatoms. The summed E-state index contributed by atoms with van der Waals surface area (Å²) in [7, 11) is 1.50. The van der Waals surface area contributed by atoms with Crippen molar-refractivity contribution < 1.29 is 9.66 Å².